The van der Waals surface area contributed by atoms with Crippen molar-refractivity contribution in [2.24, 2.45) is 4.99 Å². The number of aryl methyl sites for hydroxylation is 1. The van der Waals surface area contributed by atoms with Crippen molar-refractivity contribution in [2.45, 2.75) is 18.4 Å². The molecule has 0 aliphatic carbocycles. The van der Waals surface area contributed by atoms with Crippen molar-refractivity contribution in [3.8, 4) is 0 Å². The molecule has 7 heteroatoms. The monoisotopic (exact) mass is 290 g/mol. The van der Waals surface area contributed by atoms with Crippen LogP contribution >= 0.6 is 0 Å². The highest BCUT2D eigenvalue weighted by atomic mass is 32.2. The van der Waals surface area contributed by atoms with Crippen molar-refractivity contribution in [2.75, 3.05) is 6.54 Å². The second kappa shape index (κ2) is 4.75. The second-order valence-electron chi connectivity index (χ2n) is 4.61. The van der Waals surface area contributed by atoms with Crippen LogP contribution in [0.4, 0.5) is 0 Å². The Labute approximate surface area is 117 Å². The van der Waals surface area contributed by atoms with Gasteiger partial charge in [-0.1, -0.05) is 12.1 Å². The molecule has 0 saturated carbocycles. The van der Waals surface area contributed by atoms with E-state index in [2.05, 4.69) is 14.8 Å². The zero-order chi connectivity index (χ0) is 14.2. The van der Waals surface area contributed by atoms with Gasteiger partial charge < -0.3 is 0 Å². The van der Waals surface area contributed by atoms with Crippen LogP contribution in [0.1, 0.15) is 11.1 Å². The van der Waals surface area contributed by atoms with Gasteiger partial charge in [-0.05, 0) is 24.6 Å². The number of amidine groups is 1. The van der Waals surface area contributed by atoms with Crippen LogP contribution in [-0.2, 0) is 16.6 Å². The first-order chi connectivity index (χ1) is 9.56. The number of hydrogen-bond donors (Lipinski definition) is 1. The summed E-state index contributed by atoms with van der Waals surface area (Å²) in [5.74, 6) is 0.407. The predicted octanol–water partition coefficient (Wildman–Crippen LogP) is 0.930. The summed E-state index contributed by atoms with van der Waals surface area (Å²) >= 11 is 0. The van der Waals surface area contributed by atoms with Crippen LogP contribution in [0.3, 0.4) is 0 Å². The highest BCUT2D eigenvalue weighted by molar-refractivity contribution is 7.90. The molecular weight excluding hydrogens is 276 g/mol. The lowest BCUT2D eigenvalue weighted by molar-refractivity contribution is 0.594. The van der Waals surface area contributed by atoms with E-state index < -0.39 is 10.0 Å². The molecule has 6 nitrogen and oxygen atoms in total. The molecule has 1 N–H and O–H groups in total. The summed E-state index contributed by atoms with van der Waals surface area (Å²) in [6.45, 7) is 3.05. The number of nitrogens with zero attached hydrogens (tertiary/aromatic N) is 3. The average molecular weight is 290 g/mol. The minimum Gasteiger partial charge on any atom is -0.271 e. The molecule has 0 fully saturated rings. The number of benzene rings is 1. The highest BCUT2D eigenvalue weighted by Crippen LogP contribution is 2.21. The zero-order valence-electron chi connectivity index (χ0n) is 10.9. The van der Waals surface area contributed by atoms with E-state index in [1.165, 1.54) is 0 Å². The SMILES string of the molecule is Cc1cnn(CCN=C2NS(=O)(=O)c3ccccc32)c1. The van der Waals surface area contributed by atoms with E-state index in [1.807, 2.05) is 13.1 Å². The number of aliphatic imine (C=N–C) groups is 1. The summed E-state index contributed by atoms with van der Waals surface area (Å²) in [4.78, 5) is 4.62. The summed E-state index contributed by atoms with van der Waals surface area (Å²) in [6.07, 6.45) is 3.70. The van der Waals surface area contributed by atoms with Crippen molar-refractivity contribution in [3.05, 3.63) is 47.8 Å². The van der Waals surface area contributed by atoms with Crippen LogP contribution in [0.5, 0.6) is 0 Å². The third-order valence-corrected chi connectivity index (χ3v) is 4.42. The molecule has 0 spiro atoms. The molecule has 0 unspecified atom stereocenters. The molecular formula is C13H14N4O2S. The van der Waals surface area contributed by atoms with E-state index in [-0.39, 0.29) is 4.90 Å². The van der Waals surface area contributed by atoms with Crippen molar-refractivity contribution >= 4 is 15.9 Å². The normalized spacial score (nSPS) is 17.9. The Hall–Kier alpha value is -2.15. The van der Waals surface area contributed by atoms with Gasteiger partial charge in [0.15, 0.2) is 0 Å². The molecule has 2 aromatic rings. The third kappa shape index (κ3) is 2.32. The van der Waals surface area contributed by atoms with E-state index in [9.17, 15) is 8.42 Å². The van der Waals surface area contributed by atoms with Gasteiger partial charge in [-0.15, -0.1) is 0 Å². The maximum Gasteiger partial charge on any atom is 0.263 e. The Bertz CT molecular complexity index is 777. The molecule has 0 amide bonds. The van der Waals surface area contributed by atoms with Crippen LogP contribution in [0.15, 0.2) is 46.5 Å². The molecule has 1 aliphatic rings. The highest BCUT2D eigenvalue weighted by Gasteiger charge is 2.29. The minimum atomic E-state index is -3.45. The lowest BCUT2D eigenvalue weighted by Crippen LogP contribution is -2.22. The van der Waals surface area contributed by atoms with Crippen molar-refractivity contribution in [1.29, 1.82) is 0 Å². The van der Waals surface area contributed by atoms with Gasteiger partial charge >= 0.3 is 0 Å². The van der Waals surface area contributed by atoms with E-state index in [1.54, 1.807) is 35.1 Å². The summed E-state index contributed by atoms with van der Waals surface area (Å²) in [5.41, 5.74) is 1.72. The van der Waals surface area contributed by atoms with E-state index in [0.29, 0.717) is 24.5 Å². The molecule has 2 heterocycles. The third-order valence-electron chi connectivity index (χ3n) is 3.02. The van der Waals surface area contributed by atoms with Crippen LogP contribution in [0, 0.1) is 6.92 Å². The fourth-order valence-corrected chi connectivity index (χ4v) is 3.36. The molecule has 0 saturated heterocycles. The Morgan fingerprint density at radius 1 is 1.35 bits per heavy atom. The predicted molar refractivity (Wildman–Crippen MR) is 75.1 cm³/mol. The quantitative estimate of drug-likeness (QED) is 0.913. The van der Waals surface area contributed by atoms with E-state index in [4.69, 9.17) is 0 Å². The molecule has 0 bridgehead atoms. The largest absolute Gasteiger partial charge is 0.271 e. The summed E-state index contributed by atoms with van der Waals surface area (Å²) in [7, 11) is -3.45. The van der Waals surface area contributed by atoms with Crippen molar-refractivity contribution in [1.82, 2.24) is 14.5 Å². The molecule has 104 valence electrons. The number of nitrogens with one attached hydrogen (secondary N) is 1. The van der Waals surface area contributed by atoms with Gasteiger partial charge in [-0.3, -0.25) is 14.4 Å². The van der Waals surface area contributed by atoms with Crippen LogP contribution in [-0.4, -0.2) is 30.6 Å². The molecule has 3 rings (SSSR count). The van der Waals surface area contributed by atoms with Gasteiger partial charge in [-0.25, -0.2) is 8.42 Å². The molecule has 1 aliphatic heterocycles. The maximum atomic E-state index is 11.9. The first-order valence-electron chi connectivity index (χ1n) is 6.22. The van der Waals surface area contributed by atoms with Crippen LogP contribution in [0.25, 0.3) is 0 Å². The fourth-order valence-electron chi connectivity index (χ4n) is 2.10. The number of aromatic nitrogens is 2. The molecule has 0 atom stereocenters. The van der Waals surface area contributed by atoms with Crippen LogP contribution in [0.2, 0.25) is 0 Å². The molecule has 1 aromatic carbocycles. The number of hydrogen-bond acceptors (Lipinski definition) is 4. The van der Waals surface area contributed by atoms with Crippen molar-refractivity contribution in [3.63, 3.8) is 0 Å². The average Bonchev–Trinajstić information content (AvgIpc) is 2.93. The fraction of sp³-hybridized carbons (Fsp3) is 0.231. The van der Waals surface area contributed by atoms with E-state index in [0.717, 1.165) is 5.56 Å². The molecule has 1 aromatic heterocycles. The lowest BCUT2D eigenvalue weighted by atomic mass is 10.2. The Morgan fingerprint density at radius 2 is 2.15 bits per heavy atom. The van der Waals surface area contributed by atoms with Crippen molar-refractivity contribution < 1.29 is 8.42 Å². The molecule has 20 heavy (non-hydrogen) atoms. The zero-order valence-corrected chi connectivity index (χ0v) is 11.8. The van der Waals surface area contributed by atoms with Gasteiger partial charge in [0, 0.05) is 11.8 Å². The standard InChI is InChI=1S/C13H14N4O2S/c1-10-8-15-17(9-10)7-6-14-13-11-4-2-3-5-12(11)20(18,19)16-13/h2-5,8-9H,6-7H2,1H3,(H,14,16). The van der Waals surface area contributed by atoms with Gasteiger partial charge in [0.2, 0.25) is 0 Å². The minimum absolute atomic E-state index is 0.286. The van der Waals surface area contributed by atoms with Crippen LogP contribution < -0.4 is 4.72 Å². The van der Waals surface area contributed by atoms with Gasteiger partial charge in [0.1, 0.15) is 5.84 Å². The topological polar surface area (TPSA) is 76.3 Å². The van der Waals surface area contributed by atoms with Gasteiger partial charge in [0.05, 0.1) is 24.2 Å². The number of sulfonamides is 1. The van der Waals surface area contributed by atoms with Gasteiger partial charge in [-0.2, -0.15) is 5.10 Å². The first kappa shape index (κ1) is 12.9. The second-order valence-corrected chi connectivity index (χ2v) is 6.26. The van der Waals surface area contributed by atoms with Gasteiger partial charge in [0.25, 0.3) is 10.0 Å². The molecule has 0 radical (unpaired) electrons. The Morgan fingerprint density at radius 3 is 2.90 bits per heavy atom. The number of fused-ring (bicyclic) bond motifs is 1. The lowest BCUT2D eigenvalue weighted by Gasteiger charge is -2.00. The number of rotatable bonds is 3. The maximum absolute atomic E-state index is 11.9. The van der Waals surface area contributed by atoms with E-state index >= 15 is 0 Å². The first-order valence-corrected chi connectivity index (χ1v) is 7.70. The smallest absolute Gasteiger partial charge is 0.263 e. The summed E-state index contributed by atoms with van der Waals surface area (Å²) in [5, 5.41) is 4.16. The Kier molecular flexibility index (Phi) is 3.06. The Balaban J connectivity index is 1.80. The summed E-state index contributed by atoms with van der Waals surface area (Å²) < 4.78 is 28.0. The summed E-state index contributed by atoms with van der Waals surface area (Å²) in [6, 6.07) is 6.84.